The van der Waals surface area contributed by atoms with E-state index < -0.39 is 7.25 Å². The molecule has 0 saturated carbocycles. The highest BCUT2D eigenvalue weighted by atomic mass is 19.5. The Morgan fingerprint density at radius 2 is 1.42 bits per heavy atom. The van der Waals surface area contributed by atoms with Crippen LogP contribution in [0.15, 0.2) is 0 Å². The van der Waals surface area contributed by atoms with Crippen LogP contribution in [0.2, 0.25) is 0 Å². The molecule has 1 rings (SSSR count). The topological polar surface area (TPSA) is 29.0 Å². The van der Waals surface area contributed by atoms with Crippen LogP contribution >= 0.6 is 0 Å². The summed E-state index contributed by atoms with van der Waals surface area (Å²) < 4.78 is 41.1. The summed E-state index contributed by atoms with van der Waals surface area (Å²) in [5.74, 6) is 0. The van der Waals surface area contributed by atoms with Crippen LogP contribution in [0.1, 0.15) is 12.8 Å². The first kappa shape index (κ1) is 11.3. The predicted molar refractivity (Wildman–Crippen MR) is 39.7 cm³/mol. The molecule has 0 atom stereocenters. The lowest BCUT2D eigenvalue weighted by molar-refractivity contribution is -0.502. The van der Waals surface area contributed by atoms with Crippen LogP contribution in [-0.2, 0) is 0 Å². The van der Waals surface area contributed by atoms with Crippen molar-refractivity contribution in [2.24, 2.45) is 5.73 Å². The van der Waals surface area contributed by atoms with Crippen molar-refractivity contribution in [3.63, 3.8) is 0 Å². The minimum absolute atomic E-state index is 1.16. The van der Waals surface area contributed by atoms with Gasteiger partial charge in [0.05, 0.1) is 13.1 Å². The molecule has 1 heterocycles. The molecule has 0 amide bonds. The number of nitrogens with two attached hydrogens (primary N) is 1. The van der Waals surface area contributed by atoms with Gasteiger partial charge in [-0.3, -0.25) is 10.3 Å². The standard InChI is InChI=1S/C5H10N2.BF4/c6-5-7-3-1-2-4-7;2-1(3,4)5/h5-6H,1-4H2;/q;-1/p+1. The Kier molecular flexibility index (Phi) is 4.69. The van der Waals surface area contributed by atoms with E-state index in [1.54, 1.807) is 6.34 Å². The molecule has 0 aromatic rings. The molecule has 0 radical (unpaired) electrons. The second-order valence-corrected chi connectivity index (χ2v) is 2.39. The van der Waals surface area contributed by atoms with Gasteiger partial charge >= 0.3 is 7.25 Å². The maximum atomic E-state index is 9.75. The Hall–Kier alpha value is -0.745. The fraction of sp³-hybridized carbons (Fsp3) is 0.800. The van der Waals surface area contributed by atoms with E-state index in [0.717, 1.165) is 13.1 Å². The largest absolute Gasteiger partial charge is 0.673 e. The van der Waals surface area contributed by atoms with Crippen molar-refractivity contribution in [2.75, 3.05) is 13.1 Å². The number of hydrogen-bond donors (Lipinski definition) is 1. The molecule has 1 aliphatic rings. The molecule has 0 aromatic heterocycles. The third-order valence-electron chi connectivity index (χ3n) is 1.35. The zero-order valence-corrected chi connectivity index (χ0v) is 6.52. The summed E-state index contributed by atoms with van der Waals surface area (Å²) in [6.45, 7) is 2.33. The molecule has 0 aromatic carbocycles. The second kappa shape index (κ2) is 5.00. The maximum Gasteiger partial charge on any atom is 0.673 e. The molecule has 12 heavy (non-hydrogen) atoms. The molecule has 0 spiro atoms. The summed E-state index contributed by atoms with van der Waals surface area (Å²) in [5.41, 5.74) is 5.23. The van der Waals surface area contributed by atoms with Crippen LogP contribution in [0.4, 0.5) is 17.3 Å². The van der Waals surface area contributed by atoms with E-state index in [9.17, 15) is 17.3 Å². The lowest BCUT2D eigenvalue weighted by Gasteiger charge is -1.94. The summed E-state index contributed by atoms with van der Waals surface area (Å²) >= 11 is 0. The van der Waals surface area contributed by atoms with Gasteiger partial charge in [-0.05, 0) is 12.8 Å². The summed E-state index contributed by atoms with van der Waals surface area (Å²) in [6, 6.07) is 0. The monoisotopic (exact) mass is 186 g/mol. The zero-order valence-electron chi connectivity index (χ0n) is 6.52. The Balaban J connectivity index is 0.000000217. The fourth-order valence-corrected chi connectivity index (χ4v) is 0.891. The number of rotatable bonds is 0. The van der Waals surface area contributed by atoms with Gasteiger partial charge < -0.3 is 17.3 Å². The molecular weight excluding hydrogens is 175 g/mol. The molecule has 1 saturated heterocycles. The van der Waals surface area contributed by atoms with Crippen LogP contribution in [0.25, 0.3) is 0 Å². The molecule has 72 valence electrons. The third kappa shape index (κ3) is 9.25. The van der Waals surface area contributed by atoms with Crippen LogP contribution in [0.5, 0.6) is 0 Å². The highest BCUT2D eigenvalue weighted by Crippen LogP contribution is 2.06. The lowest BCUT2D eigenvalue weighted by Crippen LogP contribution is -2.12. The Labute approximate surface area is 68.2 Å². The van der Waals surface area contributed by atoms with Gasteiger partial charge in [-0.15, -0.1) is 0 Å². The highest BCUT2D eigenvalue weighted by molar-refractivity contribution is 6.50. The molecule has 1 aliphatic heterocycles. The van der Waals surface area contributed by atoms with E-state index in [2.05, 4.69) is 4.58 Å². The van der Waals surface area contributed by atoms with Crippen LogP contribution in [0, 0.1) is 0 Å². The van der Waals surface area contributed by atoms with Gasteiger partial charge in [0.15, 0.2) is 0 Å². The molecule has 2 nitrogen and oxygen atoms in total. The first-order chi connectivity index (χ1) is 5.43. The Morgan fingerprint density at radius 1 is 1.08 bits per heavy atom. The van der Waals surface area contributed by atoms with E-state index >= 15 is 0 Å². The summed E-state index contributed by atoms with van der Waals surface area (Å²) in [6.07, 6.45) is 4.30. The summed E-state index contributed by atoms with van der Waals surface area (Å²) in [7, 11) is -6.00. The van der Waals surface area contributed by atoms with Gasteiger partial charge in [-0.2, -0.15) is 0 Å². The molecule has 7 heteroatoms. The third-order valence-corrected chi connectivity index (χ3v) is 1.35. The smallest absolute Gasteiger partial charge is 0.418 e. The van der Waals surface area contributed by atoms with E-state index in [0.29, 0.717) is 0 Å². The van der Waals surface area contributed by atoms with E-state index in [4.69, 9.17) is 5.73 Å². The minimum atomic E-state index is -6.00. The normalized spacial score (nSPS) is 16.8. The SMILES string of the molecule is F[B-](F)(F)F.NC=[N+]1CCCC1. The molecule has 0 aliphatic carbocycles. The Morgan fingerprint density at radius 3 is 1.58 bits per heavy atom. The van der Waals surface area contributed by atoms with Crippen LogP contribution in [0.3, 0.4) is 0 Å². The van der Waals surface area contributed by atoms with Crippen molar-refractivity contribution in [1.29, 1.82) is 0 Å². The summed E-state index contributed by atoms with van der Waals surface area (Å²) in [5, 5.41) is 0. The quantitative estimate of drug-likeness (QED) is 0.260. The second-order valence-electron chi connectivity index (χ2n) is 2.39. The minimum Gasteiger partial charge on any atom is -0.418 e. The number of halogens is 4. The van der Waals surface area contributed by atoms with E-state index in [1.165, 1.54) is 12.8 Å². The highest BCUT2D eigenvalue weighted by Gasteiger charge is 2.20. The first-order valence-corrected chi connectivity index (χ1v) is 3.60. The average Bonchev–Trinajstić information content (AvgIpc) is 2.33. The van der Waals surface area contributed by atoms with Crippen LogP contribution < -0.4 is 5.73 Å². The van der Waals surface area contributed by atoms with Crippen molar-refractivity contribution in [3.05, 3.63) is 0 Å². The fourth-order valence-electron chi connectivity index (χ4n) is 0.891. The maximum absolute atomic E-state index is 9.75. The van der Waals surface area contributed by atoms with Crippen molar-refractivity contribution < 1.29 is 21.8 Å². The van der Waals surface area contributed by atoms with Crippen molar-refractivity contribution >= 4 is 13.6 Å². The predicted octanol–water partition coefficient (Wildman–Crippen LogP) is 1.08. The van der Waals surface area contributed by atoms with Gasteiger partial charge in [-0.1, -0.05) is 0 Å². The molecule has 1 fully saturated rings. The van der Waals surface area contributed by atoms with E-state index in [1.807, 2.05) is 0 Å². The molecule has 2 N–H and O–H groups in total. The summed E-state index contributed by atoms with van der Waals surface area (Å²) in [4.78, 5) is 0. The van der Waals surface area contributed by atoms with Gasteiger partial charge in [-0.25, -0.2) is 0 Å². The van der Waals surface area contributed by atoms with E-state index in [-0.39, 0.29) is 0 Å². The average molecular weight is 186 g/mol. The van der Waals surface area contributed by atoms with Crippen molar-refractivity contribution in [1.82, 2.24) is 0 Å². The first-order valence-electron chi connectivity index (χ1n) is 3.60. The zero-order chi connectivity index (χ0) is 9.61. The van der Waals surface area contributed by atoms with Gasteiger partial charge in [0.1, 0.15) is 0 Å². The van der Waals surface area contributed by atoms with Gasteiger partial charge in [0.2, 0.25) is 6.34 Å². The lowest BCUT2D eigenvalue weighted by atomic mass is 10.3. The number of nitrogens with zero attached hydrogens (tertiary/aromatic N) is 1. The van der Waals surface area contributed by atoms with Gasteiger partial charge in [0, 0.05) is 0 Å². The number of hydrogen-bond acceptors (Lipinski definition) is 0. The molecule has 0 unspecified atom stereocenters. The van der Waals surface area contributed by atoms with Gasteiger partial charge in [0.25, 0.3) is 0 Å². The molecular formula is C5H11BF4N2. The van der Waals surface area contributed by atoms with Crippen molar-refractivity contribution in [2.45, 2.75) is 12.8 Å². The van der Waals surface area contributed by atoms with Crippen molar-refractivity contribution in [3.8, 4) is 0 Å². The Bertz CT molecular complexity index is 142. The van der Waals surface area contributed by atoms with Crippen LogP contribution in [-0.4, -0.2) is 31.3 Å². The molecule has 0 bridgehead atoms.